The first-order chi connectivity index (χ1) is 4.00. The molecule has 0 amide bonds. The Hall–Kier alpha value is 0.103. The first kappa shape index (κ1) is 9.10. The Kier molecular flexibility index (Phi) is 6.30. The van der Waals surface area contributed by atoms with Crippen LogP contribution >= 0.6 is 0 Å². The summed E-state index contributed by atoms with van der Waals surface area (Å²) in [5, 5.41) is 0. The molecular weight excluding hydrogens is 197 g/mol. The molecular formula is C8H11Ru. The normalized spacial score (nSPS) is 17.8. The predicted octanol–water partition coefficient (Wildman–Crippen LogP) is 2.47. The van der Waals surface area contributed by atoms with Crippen molar-refractivity contribution in [1.29, 1.82) is 0 Å². The molecule has 0 aliphatic heterocycles. The van der Waals surface area contributed by atoms with Gasteiger partial charge < -0.3 is 6.08 Å². The zero-order valence-corrected chi connectivity index (χ0v) is 7.15. The van der Waals surface area contributed by atoms with Gasteiger partial charge in [0.2, 0.25) is 0 Å². The maximum atomic E-state index is 3.21. The van der Waals surface area contributed by atoms with Crippen LogP contribution in [0.3, 0.4) is 0 Å². The second-order valence-electron chi connectivity index (χ2n) is 2.00. The zero-order chi connectivity index (χ0) is 5.66. The van der Waals surface area contributed by atoms with Gasteiger partial charge in [-0.3, -0.25) is 6.08 Å². The number of allylic oxidation sites excluding steroid dienone is 4. The van der Waals surface area contributed by atoms with Crippen molar-refractivity contribution in [3.63, 3.8) is 0 Å². The van der Waals surface area contributed by atoms with Crippen LogP contribution in [-0.4, -0.2) is 0 Å². The summed E-state index contributed by atoms with van der Waals surface area (Å²) < 4.78 is 0. The Labute approximate surface area is 69.8 Å². The third-order valence-corrected chi connectivity index (χ3v) is 1.24. The Morgan fingerprint density at radius 2 is 1.78 bits per heavy atom. The predicted molar refractivity (Wildman–Crippen MR) is 35.4 cm³/mol. The molecule has 1 aliphatic rings. The van der Waals surface area contributed by atoms with Gasteiger partial charge in [-0.1, -0.05) is 25.0 Å². The van der Waals surface area contributed by atoms with Crippen molar-refractivity contribution < 1.29 is 19.5 Å². The first-order valence-electron chi connectivity index (χ1n) is 3.20. The van der Waals surface area contributed by atoms with E-state index in [9.17, 15) is 0 Å². The molecule has 1 rings (SSSR count). The van der Waals surface area contributed by atoms with Gasteiger partial charge in [-0.2, -0.15) is 6.42 Å². The van der Waals surface area contributed by atoms with Crippen LogP contribution in [-0.2, 0) is 19.5 Å². The van der Waals surface area contributed by atoms with E-state index in [0.29, 0.717) is 0 Å². The third kappa shape index (κ3) is 4.60. The van der Waals surface area contributed by atoms with Gasteiger partial charge in [-0.05, 0) is 6.42 Å². The zero-order valence-electron chi connectivity index (χ0n) is 5.41. The molecule has 0 saturated carbocycles. The largest absolute Gasteiger partial charge is 1.00 e. The summed E-state index contributed by atoms with van der Waals surface area (Å²) in [6.45, 7) is 0. The smallest absolute Gasteiger partial charge is 0.500 e. The van der Waals surface area contributed by atoms with Crippen LogP contribution in [0, 0.1) is 6.08 Å². The van der Waals surface area contributed by atoms with Gasteiger partial charge in [-0.15, -0.1) is 0 Å². The van der Waals surface area contributed by atoms with Gasteiger partial charge >= 0.3 is 19.5 Å². The average Bonchev–Trinajstić information content (AvgIpc) is 1.62. The summed E-state index contributed by atoms with van der Waals surface area (Å²) in [5.41, 5.74) is 0. The number of rotatable bonds is 0. The van der Waals surface area contributed by atoms with E-state index < -0.39 is 0 Å². The Morgan fingerprint density at radius 1 is 1.00 bits per heavy atom. The van der Waals surface area contributed by atoms with Gasteiger partial charge in [0.25, 0.3) is 0 Å². The van der Waals surface area contributed by atoms with Crippen LogP contribution in [0.4, 0.5) is 0 Å². The standard InChI is InChI=1S/C8H11.Ru/c1-2-4-6-8-7-5-3-1;/h1-2,7H,3-6H2;/q-1;+1. The van der Waals surface area contributed by atoms with Crippen LogP contribution in [0.5, 0.6) is 0 Å². The quantitative estimate of drug-likeness (QED) is 0.326. The molecule has 0 fully saturated rings. The molecule has 1 heteroatoms. The van der Waals surface area contributed by atoms with Crippen molar-refractivity contribution in [2.45, 2.75) is 25.7 Å². The van der Waals surface area contributed by atoms with Crippen molar-refractivity contribution in [3.05, 3.63) is 24.3 Å². The second-order valence-corrected chi connectivity index (χ2v) is 2.00. The topological polar surface area (TPSA) is 0 Å². The number of hydrogen-bond donors (Lipinski definition) is 0. The molecule has 1 radical (unpaired) electrons. The summed E-state index contributed by atoms with van der Waals surface area (Å²) in [4.78, 5) is 0. The molecule has 9 heavy (non-hydrogen) atoms. The molecule has 0 N–H and O–H groups in total. The molecule has 0 nitrogen and oxygen atoms in total. The fraction of sp³-hybridized carbons (Fsp3) is 0.500. The summed E-state index contributed by atoms with van der Waals surface area (Å²) in [7, 11) is 0. The first-order valence-corrected chi connectivity index (χ1v) is 3.20. The minimum absolute atomic E-state index is 0. The molecule has 0 bridgehead atoms. The molecule has 0 unspecified atom stereocenters. The average molecular weight is 208 g/mol. The van der Waals surface area contributed by atoms with Crippen LogP contribution in [0.1, 0.15) is 25.7 Å². The van der Waals surface area contributed by atoms with Crippen LogP contribution < -0.4 is 0 Å². The van der Waals surface area contributed by atoms with E-state index in [1.807, 2.05) is 0 Å². The third-order valence-electron chi connectivity index (χ3n) is 1.24. The Bertz CT molecular complexity index is 77.1. The monoisotopic (exact) mass is 209 g/mol. The van der Waals surface area contributed by atoms with Gasteiger partial charge in [0.15, 0.2) is 0 Å². The van der Waals surface area contributed by atoms with Crippen molar-refractivity contribution in [2.24, 2.45) is 0 Å². The Morgan fingerprint density at radius 3 is 2.67 bits per heavy atom. The maximum Gasteiger partial charge on any atom is 1.00 e. The number of hydrogen-bond acceptors (Lipinski definition) is 0. The molecule has 0 heterocycles. The van der Waals surface area contributed by atoms with Crippen LogP contribution in [0.25, 0.3) is 0 Å². The second kappa shape index (κ2) is 6.23. The van der Waals surface area contributed by atoms with E-state index in [-0.39, 0.29) is 19.5 Å². The summed E-state index contributed by atoms with van der Waals surface area (Å²) >= 11 is 0. The minimum Gasteiger partial charge on any atom is -0.500 e. The molecule has 0 atom stereocenters. The molecule has 0 aromatic carbocycles. The van der Waals surface area contributed by atoms with Crippen molar-refractivity contribution in [1.82, 2.24) is 0 Å². The summed E-state index contributed by atoms with van der Waals surface area (Å²) in [5.74, 6) is 0. The SMILES string of the molecule is [C-]1=CCCC=CCC1.[Ru+]. The van der Waals surface area contributed by atoms with E-state index in [1.165, 1.54) is 19.3 Å². The fourth-order valence-corrected chi connectivity index (χ4v) is 0.786. The molecule has 0 aromatic rings. The molecule has 0 aromatic heterocycles. The molecule has 51 valence electrons. The summed E-state index contributed by atoms with van der Waals surface area (Å²) in [6, 6.07) is 0. The Balaban J connectivity index is 0.000000640. The fourth-order valence-electron chi connectivity index (χ4n) is 0.786. The van der Waals surface area contributed by atoms with Crippen molar-refractivity contribution >= 4 is 0 Å². The van der Waals surface area contributed by atoms with Gasteiger partial charge in [0, 0.05) is 0 Å². The minimum atomic E-state index is 0. The van der Waals surface area contributed by atoms with E-state index in [0.717, 1.165) is 6.42 Å². The van der Waals surface area contributed by atoms with Gasteiger partial charge in [0.05, 0.1) is 0 Å². The molecule has 0 saturated heterocycles. The van der Waals surface area contributed by atoms with E-state index >= 15 is 0 Å². The van der Waals surface area contributed by atoms with Crippen LogP contribution in [0.2, 0.25) is 0 Å². The van der Waals surface area contributed by atoms with Crippen molar-refractivity contribution in [2.75, 3.05) is 0 Å². The van der Waals surface area contributed by atoms with E-state index in [4.69, 9.17) is 0 Å². The molecule has 1 aliphatic carbocycles. The summed E-state index contributed by atoms with van der Waals surface area (Å²) in [6.07, 6.45) is 14.5. The van der Waals surface area contributed by atoms with Crippen LogP contribution in [0.15, 0.2) is 18.2 Å². The van der Waals surface area contributed by atoms with Gasteiger partial charge in [-0.25, -0.2) is 0 Å². The van der Waals surface area contributed by atoms with E-state index in [2.05, 4.69) is 24.3 Å². The molecule has 0 spiro atoms. The van der Waals surface area contributed by atoms with Crippen molar-refractivity contribution in [3.8, 4) is 0 Å². The van der Waals surface area contributed by atoms with E-state index in [1.54, 1.807) is 0 Å². The maximum absolute atomic E-state index is 3.21. The van der Waals surface area contributed by atoms with Gasteiger partial charge in [0.1, 0.15) is 0 Å².